The van der Waals surface area contributed by atoms with Crippen molar-refractivity contribution < 1.29 is 0 Å². The summed E-state index contributed by atoms with van der Waals surface area (Å²) in [5, 5.41) is 24.3. The molecule has 3 rings (SSSR count). The second-order valence-electron chi connectivity index (χ2n) is 3.66. The summed E-state index contributed by atoms with van der Waals surface area (Å²) < 4.78 is 3.90. The Morgan fingerprint density at radius 3 is 2.16 bits per heavy atom. The summed E-state index contributed by atoms with van der Waals surface area (Å²) in [6.45, 7) is 0. The summed E-state index contributed by atoms with van der Waals surface area (Å²) in [5.41, 5.74) is 1.22. The third kappa shape index (κ3) is 2.27. The predicted octanol–water partition coefficient (Wildman–Crippen LogP) is 3.49. The zero-order valence-corrected chi connectivity index (χ0v) is 12.0. The Labute approximate surface area is 121 Å². The minimum absolute atomic E-state index is 0.333. The molecule has 0 atom stereocenters. The molecule has 4 nitrogen and oxygen atoms in total. The number of hydrogen-bond acceptors (Lipinski definition) is 7. The Morgan fingerprint density at radius 1 is 0.947 bits per heavy atom. The van der Waals surface area contributed by atoms with Crippen LogP contribution in [0.15, 0.2) is 35.0 Å². The van der Waals surface area contributed by atoms with Crippen molar-refractivity contribution in [1.82, 2.24) is 9.59 Å². The average molecular weight is 304 g/mol. The zero-order chi connectivity index (χ0) is 13.2. The van der Waals surface area contributed by atoms with Gasteiger partial charge in [0.05, 0.1) is 15.5 Å². The molecule has 0 spiro atoms. The van der Waals surface area contributed by atoms with Crippen LogP contribution in [-0.2, 0) is 0 Å². The molecule has 0 aromatic carbocycles. The van der Waals surface area contributed by atoms with Gasteiger partial charge in [-0.15, -0.1) is 27.8 Å². The van der Waals surface area contributed by atoms with Crippen molar-refractivity contribution in [3.8, 4) is 0 Å². The van der Waals surface area contributed by atoms with E-state index in [-0.39, 0.29) is 0 Å². The van der Waals surface area contributed by atoms with Crippen LogP contribution in [-0.4, -0.2) is 21.0 Å². The maximum atomic E-state index is 8.21. The highest BCUT2D eigenvalue weighted by Gasteiger charge is 2.20. The molecule has 94 valence electrons. The van der Waals surface area contributed by atoms with E-state index in [1.165, 1.54) is 34.2 Å². The van der Waals surface area contributed by atoms with Crippen molar-refractivity contribution in [2.45, 2.75) is 0 Å². The van der Waals surface area contributed by atoms with Gasteiger partial charge in [0.15, 0.2) is 0 Å². The van der Waals surface area contributed by atoms with Gasteiger partial charge in [-0.2, -0.15) is 0 Å². The molecule has 2 N–H and O–H groups in total. The fourth-order valence-electron chi connectivity index (χ4n) is 1.59. The molecule has 0 bridgehead atoms. The Kier molecular flexibility index (Phi) is 3.33. The third-order valence-corrected chi connectivity index (χ3v) is 5.01. The Hall–Kier alpha value is -1.70. The van der Waals surface area contributed by atoms with E-state index in [1.807, 2.05) is 35.0 Å². The maximum absolute atomic E-state index is 8.21. The molecule has 3 aromatic rings. The molecule has 0 aliphatic rings. The SMILES string of the molecule is N=C(c1cccs1)c1nnsc1C(=N)c1cccs1. The van der Waals surface area contributed by atoms with E-state index in [2.05, 4.69) is 9.59 Å². The van der Waals surface area contributed by atoms with Crippen molar-refractivity contribution in [3.05, 3.63) is 55.4 Å². The second kappa shape index (κ2) is 5.12. The molecule has 0 aliphatic heterocycles. The van der Waals surface area contributed by atoms with Crippen LogP contribution in [0.2, 0.25) is 0 Å². The first kappa shape index (κ1) is 12.3. The van der Waals surface area contributed by atoms with Gasteiger partial charge in [-0.3, -0.25) is 10.8 Å². The number of nitrogens with one attached hydrogen (secondary N) is 2. The molecule has 0 aliphatic carbocycles. The monoisotopic (exact) mass is 304 g/mol. The Morgan fingerprint density at radius 2 is 1.58 bits per heavy atom. The first-order chi connectivity index (χ1) is 9.27. The highest BCUT2D eigenvalue weighted by atomic mass is 32.1. The molecule has 0 fully saturated rings. The molecule has 7 heteroatoms. The van der Waals surface area contributed by atoms with Gasteiger partial charge in [0.1, 0.15) is 16.3 Å². The highest BCUT2D eigenvalue weighted by Crippen LogP contribution is 2.23. The number of hydrogen-bond donors (Lipinski definition) is 2. The molecule has 0 saturated carbocycles. The molecule has 0 saturated heterocycles. The lowest BCUT2D eigenvalue weighted by Crippen LogP contribution is -2.07. The minimum atomic E-state index is 0.333. The summed E-state index contributed by atoms with van der Waals surface area (Å²) in [6, 6.07) is 7.59. The van der Waals surface area contributed by atoms with Crippen LogP contribution in [0, 0.1) is 10.8 Å². The normalized spacial score (nSPS) is 10.5. The van der Waals surface area contributed by atoms with Crippen molar-refractivity contribution in [2.24, 2.45) is 0 Å². The lowest BCUT2D eigenvalue weighted by Gasteiger charge is -2.01. The van der Waals surface area contributed by atoms with Gasteiger partial charge >= 0.3 is 0 Å². The van der Waals surface area contributed by atoms with Crippen molar-refractivity contribution >= 4 is 45.6 Å². The van der Waals surface area contributed by atoms with Crippen LogP contribution in [0.25, 0.3) is 0 Å². The lowest BCUT2D eigenvalue weighted by molar-refractivity contribution is 1.13. The van der Waals surface area contributed by atoms with Gasteiger partial charge < -0.3 is 0 Å². The summed E-state index contributed by atoms with van der Waals surface area (Å²) >= 11 is 4.16. The van der Waals surface area contributed by atoms with E-state index < -0.39 is 0 Å². The summed E-state index contributed by atoms with van der Waals surface area (Å²) in [7, 11) is 0. The molecule has 0 amide bonds. The van der Waals surface area contributed by atoms with E-state index in [1.54, 1.807) is 0 Å². The maximum Gasteiger partial charge on any atom is 0.134 e. The fourth-order valence-corrected chi connectivity index (χ4v) is 3.64. The van der Waals surface area contributed by atoms with E-state index in [0.717, 1.165) is 9.75 Å². The molecule has 3 heterocycles. The van der Waals surface area contributed by atoms with Crippen LogP contribution in [0.4, 0.5) is 0 Å². The largest absolute Gasteiger partial charge is 0.298 e. The van der Waals surface area contributed by atoms with Gasteiger partial charge in [0.2, 0.25) is 0 Å². The zero-order valence-electron chi connectivity index (χ0n) is 9.58. The second-order valence-corrected chi connectivity index (χ2v) is 6.30. The fraction of sp³-hybridized carbons (Fsp3) is 0. The predicted molar refractivity (Wildman–Crippen MR) is 80.4 cm³/mol. The molecular formula is C12H8N4S3. The van der Waals surface area contributed by atoms with Crippen LogP contribution in [0.3, 0.4) is 0 Å². The van der Waals surface area contributed by atoms with Crippen LogP contribution in [0.1, 0.15) is 20.3 Å². The first-order valence-corrected chi connectivity index (χ1v) is 7.88. The Bertz CT molecular complexity index is 649. The third-order valence-electron chi connectivity index (χ3n) is 2.49. The quantitative estimate of drug-likeness (QED) is 0.724. The number of thiophene rings is 2. The van der Waals surface area contributed by atoms with Crippen molar-refractivity contribution in [2.75, 3.05) is 0 Å². The summed E-state index contributed by atoms with van der Waals surface area (Å²) in [5.74, 6) is 0. The van der Waals surface area contributed by atoms with E-state index >= 15 is 0 Å². The molecular weight excluding hydrogens is 296 g/mol. The number of aromatic nitrogens is 2. The average Bonchev–Trinajstić information content (AvgIpc) is 3.16. The minimum Gasteiger partial charge on any atom is -0.298 e. The standard InChI is InChI=1S/C12H8N4S3/c13-9(7-3-1-5-17-7)11-12(19-16-15-11)10(14)8-4-2-6-18-8/h1-6,13-14H. The molecule has 19 heavy (non-hydrogen) atoms. The Balaban J connectivity index is 1.99. The van der Waals surface area contributed by atoms with Gasteiger partial charge in [0, 0.05) is 0 Å². The van der Waals surface area contributed by atoms with Crippen molar-refractivity contribution in [1.29, 1.82) is 10.8 Å². The number of nitrogens with zero attached hydrogens (tertiary/aromatic N) is 2. The number of rotatable bonds is 4. The summed E-state index contributed by atoms with van der Waals surface area (Å²) in [4.78, 5) is 2.36. The van der Waals surface area contributed by atoms with Crippen molar-refractivity contribution in [3.63, 3.8) is 0 Å². The van der Waals surface area contributed by atoms with E-state index in [4.69, 9.17) is 10.8 Å². The van der Waals surface area contributed by atoms with Gasteiger partial charge in [-0.05, 0) is 34.4 Å². The lowest BCUT2D eigenvalue weighted by atomic mass is 10.1. The van der Waals surface area contributed by atoms with Crippen LogP contribution in [0.5, 0.6) is 0 Å². The van der Waals surface area contributed by atoms with Crippen LogP contribution >= 0.6 is 34.2 Å². The molecule has 0 unspecified atom stereocenters. The van der Waals surface area contributed by atoms with E-state index in [9.17, 15) is 0 Å². The van der Waals surface area contributed by atoms with Gasteiger partial charge in [0.25, 0.3) is 0 Å². The topological polar surface area (TPSA) is 73.5 Å². The molecule has 3 aromatic heterocycles. The van der Waals surface area contributed by atoms with Gasteiger partial charge in [-0.1, -0.05) is 16.6 Å². The van der Waals surface area contributed by atoms with Crippen LogP contribution < -0.4 is 0 Å². The smallest absolute Gasteiger partial charge is 0.134 e. The highest BCUT2D eigenvalue weighted by molar-refractivity contribution is 7.15. The summed E-state index contributed by atoms with van der Waals surface area (Å²) in [6.07, 6.45) is 0. The first-order valence-electron chi connectivity index (χ1n) is 5.35. The van der Waals surface area contributed by atoms with E-state index in [0.29, 0.717) is 22.0 Å². The molecule has 0 radical (unpaired) electrons. The van der Waals surface area contributed by atoms with Gasteiger partial charge in [-0.25, -0.2) is 0 Å².